The van der Waals surface area contributed by atoms with Gasteiger partial charge in [-0.3, -0.25) is 19.2 Å². The monoisotopic (exact) mass is 828 g/mol. The number of methoxy groups -OCH3 is 2. The van der Waals surface area contributed by atoms with Crippen molar-refractivity contribution in [3.05, 3.63) is 20.4 Å². The summed E-state index contributed by atoms with van der Waals surface area (Å²) in [4.78, 5) is 54.8. The number of aliphatic hydroxyl groups is 4. The molecule has 1 aromatic rings. The number of hydrogen-bond donors (Lipinski definition) is 5. The van der Waals surface area contributed by atoms with Crippen molar-refractivity contribution in [3.8, 4) is 0 Å². The maximum atomic E-state index is 14.3. The molecule has 330 valence electrons. The number of ether oxygens (including phenoxy) is 8. The van der Waals surface area contributed by atoms with Crippen LogP contribution in [0.5, 0.6) is 0 Å². The van der Waals surface area contributed by atoms with Crippen LogP contribution in [0.1, 0.15) is 81.6 Å². The van der Waals surface area contributed by atoms with Crippen LogP contribution in [0.15, 0.2) is 9.59 Å². The molecule has 4 aliphatic heterocycles. The fraction of sp³-hybridized carbons (Fsp3) is 0.850. The summed E-state index contributed by atoms with van der Waals surface area (Å²) in [7, 11) is 4.32. The van der Waals surface area contributed by atoms with Crippen molar-refractivity contribution in [2.24, 2.45) is 23.7 Å². The molecule has 4 aliphatic rings. The summed E-state index contributed by atoms with van der Waals surface area (Å²) < 4.78 is 51.0. The van der Waals surface area contributed by atoms with Gasteiger partial charge in [0.25, 0.3) is 17.3 Å². The Balaban J connectivity index is 1.75. The molecule has 4 fully saturated rings. The van der Waals surface area contributed by atoms with E-state index in [0.29, 0.717) is 0 Å². The third kappa shape index (κ3) is 7.65. The van der Waals surface area contributed by atoms with E-state index in [9.17, 15) is 39.6 Å². The summed E-state index contributed by atoms with van der Waals surface area (Å²) in [5, 5.41) is 47.4. The van der Waals surface area contributed by atoms with Crippen molar-refractivity contribution in [2.75, 3.05) is 31.9 Å². The van der Waals surface area contributed by atoms with Gasteiger partial charge in [-0.15, -0.1) is 0 Å². The van der Waals surface area contributed by atoms with E-state index in [1.54, 1.807) is 48.5 Å². The lowest BCUT2D eigenvalue weighted by Crippen LogP contribution is -2.73. The quantitative estimate of drug-likeness (QED) is 0.189. The zero-order chi connectivity index (χ0) is 43.6. The van der Waals surface area contributed by atoms with Crippen LogP contribution in [0.3, 0.4) is 0 Å². The Morgan fingerprint density at radius 1 is 0.931 bits per heavy atom. The molecule has 0 aliphatic carbocycles. The van der Waals surface area contributed by atoms with Gasteiger partial charge >= 0.3 is 5.97 Å². The molecule has 4 heterocycles. The molecule has 19 atom stereocenters. The minimum Gasteiger partial charge on any atom is -0.459 e. The first-order valence-corrected chi connectivity index (χ1v) is 20.1. The lowest BCUT2D eigenvalue weighted by Gasteiger charge is -2.56. The van der Waals surface area contributed by atoms with Gasteiger partial charge in [-0.2, -0.15) is 0 Å². The van der Waals surface area contributed by atoms with Gasteiger partial charge in [-0.1, -0.05) is 27.7 Å². The average Bonchev–Trinajstić information content (AvgIpc) is 3.20. The third-order valence-corrected chi connectivity index (χ3v) is 13.7. The van der Waals surface area contributed by atoms with Crippen molar-refractivity contribution in [1.29, 1.82) is 0 Å². The van der Waals surface area contributed by atoms with Crippen LogP contribution in [-0.4, -0.2) is 144 Å². The predicted molar refractivity (Wildman–Crippen MR) is 206 cm³/mol. The van der Waals surface area contributed by atoms with Gasteiger partial charge in [-0.25, -0.2) is 0 Å². The number of aliphatic hydroxyl groups excluding tert-OH is 3. The zero-order valence-electron chi connectivity index (χ0n) is 35.6. The first kappa shape index (κ1) is 46.4. The van der Waals surface area contributed by atoms with E-state index in [0.717, 1.165) is 0 Å². The van der Waals surface area contributed by atoms with Crippen LogP contribution >= 0.6 is 0 Å². The summed E-state index contributed by atoms with van der Waals surface area (Å²) in [5.41, 5.74) is -1.37. The third-order valence-electron chi connectivity index (χ3n) is 13.7. The van der Waals surface area contributed by atoms with Gasteiger partial charge in [0.05, 0.1) is 54.2 Å². The molecule has 18 heteroatoms. The van der Waals surface area contributed by atoms with Crippen LogP contribution in [-0.2, 0) is 47.5 Å². The molecule has 6 bridgehead atoms. The van der Waals surface area contributed by atoms with Crippen molar-refractivity contribution in [1.82, 2.24) is 0 Å². The lowest BCUT2D eigenvalue weighted by molar-refractivity contribution is -0.441. The molecule has 6 N–H and O–H groups in total. The predicted octanol–water partition coefficient (Wildman–Crippen LogP) is 0.139. The van der Waals surface area contributed by atoms with Gasteiger partial charge in [0.1, 0.15) is 41.1 Å². The summed E-state index contributed by atoms with van der Waals surface area (Å²) in [6, 6.07) is -1.04. The summed E-state index contributed by atoms with van der Waals surface area (Å²) in [6.45, 7) is 12.8. The Hall–Kier alpha value is -2.62. The van der Waals surface area contributed by atoms with Crippen LogP contribution in [0.25, 0.3) is 0 Å². The number of hydrogen-bond acceptors (Lipinski definition) is 18. The zero-order valence-corrected chi connectivity index (χ0v) is 35.6. The van der Waals surface area contributed by atoms with Gasteiger partial charge < -0.3 is 69.0 Å². The number of likely N-dealkylation sites (N-methyl/N-ethyl adjacent to an activating group) is 1. The Morgan fingerprint density at radius 2 is 1.57 bits per heavy atom. The number of carbonyl (C=O) groups is 2. The standard InChI is InChI=1S/C40H64N2O16/c1-13-23-39(9,50)32(47)17(3)27(43)16(2)15-38(8,52-12)34-18(4)31(19(5)35(49)54-23)56-37-53-20(6)33(48)40(58-37,21(7)51-11)24-14-22(28(44)36(55-24)57-34)42(10)26-25(41)29(45)30(26)46/h16-24,28,31-34,36-37,44,47-48,50H,13-15,41H2,1-12H3/t16-,17+,18+,19-,20+,21?,22+,23-,24+,28-,31+,32-,33+,34-,36+,37+,38+,39-,40?/m1/s1. The minimum absolute atomic E-state index is 0.0221. The number of nitrogens with zero attached hydrogens (tertiary/aromatic N) is 1. The molecular formula is C40H64N2O16. The van der Waals surface area contributed by atoms with Crippen molar-refractivity contribution >= 4 is 23.1 Å². The highest BCUT2D eigenvalue weighted by atomic mass is 16.9. The number of ketones is 1. The Morgan fingerprint density at radius 3 is 2.14 bits per heavy atom. The second kappa shape index (κ2) is 17.0. The number of nitrogens with two attached hydrogens (primary N) is 1. The summed E-state index contributed by atoms with van der Waals surface area (Å²) in [6.07, 6.45) is -13.1. The molecule has 0 spiro atoms. The molecule has 0 aromatic heterocycles. The SMILES string of the molecule is CC[C@H]1OC(=O)[C@H](C)[C@H]2O[C@@H]3O[C@@H](C)[C@H](O)C(C(C)OC)(O3)[C@@H]3C[C@H](N(C)c4c(N)c(=O)c4=O)[C@@H](O)[C@@H](O3)O[C@H]([C@H]2C)[C@@](C)(OC)C[C@@H](C)C(=O)[C@H](C)[C@@H](O)[C@]1(C)O. The van der Waals surface area contributed by atoms with Crippen LogP contribution in [0, 0.1) is 23.7 Å². The number of Topliss-reactive ketones (excluding diaryl/α,β-unsaturated/α-hetero) is 1. The number of fused-ring (bicyclic) bond motifs is 7. The Kier molecular flexibility index (Phi) is 13.6. The van der Waals surface area contributed by atoms with Crippen molar-refractivity contribution in [3.63, 3.8) is 0 Å². The van der Waals surface area contributed by atoms with E-state index >= 15 is 0 Å². The van der Waals surface area contributed by atoms with Crippen molar-refractivity contribution in [2.45, 2.75) is 172 Å². The van der Waals surface area contributed by atoms with Crippen LogP contribution < -0.4 is 21.5 Å². The molecule has 0 radical (unpaired) electrons. The van der Waals surface area contributed by atoms with Gasteiger partial charge in [0.15, 0.2) is 11.9 Å². The molecular weight excluding hydrogens is 764 g/mol. The number of nitrogen functional groups attached to an aromatic ring is 1. The topological polar surface area (TPSA) is 252 Å². The van der Waals surface area contributed by atoms with Crippen molar-refractivity contribution < 1.29 is 67.9 Å². The number of anilines is 2. The van der Waals surface area contributed by atoms with E-state index in [-0.39, 0.29) is 30.6 Å². The second-order valence-electron chi connectivity index (χ2n) is 17.4. The Bertz CT molecular complexity index is 1720. The van der Waals surface area contributed by atoms with E-state index in [4.69, 9.17) is 43.6 Å². The summed E-state index contributed by atoms with van der Waals surface area (Å²) >= 11 is 0. The number of rotatable bonds is 6. The molecule has 5 rings (SSSR count). The van der Waals surface area contributed by atoms with Gasteiger partial charge in [-0.05, 0) is 53.9 Å². The maximum absolute atomic E-state index is 14.3. The van der Waals surface area contributed by atoms with E-state index < -0.39 is 137 Å². The maximum Gasteiger partial charge on any atom is 0.311 e. The minimum atomic E-state index is -2.04. The lowest BCUT2D eigenvalue weighted by atomic mass is 9.74. The number of cyclic esters (lactones) is 1. The summed E-state index contributed by atoms with van der Waals surface area (Å²) in [5.74, 6) is -5.21. The molecule has 0 amide bonds. The highest BCUT2D eigenvalue weighted by Gasteiger charge is 2.64. The fourth-order valence-electron chi connectivity index (χ4n) is 9.82. The normalized spacial score (nSPS) is 46.4. The van der Waals surface area contributed by atoms with Gasteiger partial charge in [0.2, 0.25) is 0 Å². The van der Waals surface area contributed by atoms with E-state index in [1.165, 1.54) is 40.0 Å². The van der Waals surface area contributed by atoms with Gasteiger partial charge in [0, 0.05) is 39.0 Å². The average molecular weight is 829 g/mol. The molecule has 1 aromatic carbocycles. The highest BCUT2D eigenvalue weighted by molar-refractivity contribution is 5.83. The Labute approximate surface area is 338 Å². The first-order valence-electron chi connectivity index (χ1n) is 20.1. The molecule has 0 saturated carbocycles. The van der Waals surface area contributed by atoms with E-state index in [1.807, 2.05) is 0 Å². The van der Waals surface area contributed by atoms with Crippen LogP contribution in [0.4, 0.5) is 11.4 Å². The smallest absolute Gasteiger partial charge is 0.311 e. The first-order chi connectivity index (χ1) is 26.9. The second-order valence-corrected chi connectivity index (χ2v) is 17.4. The largest absolute Gasteiger partial charge is 0.459 e. The van der Waals surface area contributed by atoms with Crippen LogP contribution in [0.2, 0.25) is 0 Å². The number of carbonyl (C=O) groups excluding carboxylic acids is 2. The molecule has 58 heavy (non-hydrogen) atoms. The highest BCUT2D eigenvalue weighted by Crippen LogP contribution is 2.47. The van der Waals surface area contributed by atoms with E-state index in [2.05, 4.69) is 0 Å². The number of esters is 1. The molecule has 4 saturated heterocycles. The molecule has 2 unspecified atom stereocenters. The fourth-order valence-corrected chi connectivity index (χ4v) is 9.82. The molecule has 18 nitrogen and oxygen atoms in total.